The Morgan fingerprint density at radius 2 is 1.76 bits per heavy atom. The molecule has 1 fully saturated rings. The summed E-state index contributed by atoms with van der Waals surface area (Å²) in [5.41, 5.74) is 1.47. The summed E-state index contributed by atoms with van der Waals surface area (Å²) in [7, 11) is 0. The minimum atomic E-state index is 0.805. The highest BCUT2D eigenvalue weighted by molar-refractivity contribution is 9.10. The molecule has 1 unspecified atom stereocenters. The fourth-order valence-electron chi connectivity index (χ4n) is 2.87. The van der Waals surface area contributed by atoms with E-state index in [0.717, 1.165) is 17.2 Å². The fraction of sp³-hybridized carbons (Fsp3) is 0.600. The number of halogens is 2. The Kier molecular flexibility index (Phi) is 5.55. The Bertz CT molecular complexity index is 325. The smallest absolute Gasteiger partial charge is 0.0175 e. The highest BCUT2D eigenvalue weighted by Gasteiger charge is 2.19. The monoisotopic (exact) mass is 358 g/mol. The molecule has 0 radical (unpaired) electrons. The van der Waals surface area contributed by atoms with E-state index in [9.17, 15) is 0 Å². The van der Waals surface area contributed by atoms with Crippen molar-refractivity contribution in [2.75, 3.05) is 5.33 Å². The van der Waals surface area contributed by atoms with E-state index < -0.39 is 0 Å². The van der Waals surface area contributed by atoms with Gasteiger partial charge in [0.15, 0.2) is 0 Å². The van der Waals surface area contributed by atoms with Gasteiger partial charge in [-0.1, -0.05) is 69.7 Å². The Morgan fingerprint density at radius 3 is 2.35 bits per heavy atom. The summed E-state index contributed by atoms with van der Waals surface area (Å²) in [5.74, 6) is 1.80. The molecule has 0 spiro atoms. The van der Waals surface area contributed by atoms with Crippen LogP contribution in [0.2, 0.25) is 0 Å². The van der Waals surface area contributed by atoms with Crippen LogP contribution < -0.4 is 0 Å². The number of benzene rings is 1. The van der Waals surface area contributed by atoms with E-state index in [1.54, 1.807) is 0 Å². The van der Waals surface area contributed by atoms with Gasteiger partial charge in [0, 0.05) is 9.80 Å². The van der Waals surface area contributed by atoms with Gasteiger partial charge >= 0.3 is 0 Å². The van der Waals surface area contributed by atoms with Crippen LogP contribution in [0.1, 0.15) is 37.7 Å². The first-order valence-electron chi connectivity index (χ1n) is 6.58. The maximum atomic E-state index is 3.69. The van der Waals surface area contributed by atoms with Gasteiger partial charge in [0.05, 0.1) is 0 Å². The molecule has 0 N–H and O–H groups in total. The summed E-state index contributed by atoms with van der Waals surface area (Å²) in [5, 5.41) is 1.14. The summed E-state index contributed by atoms with van der Waals surface area (Å²) in [6, 6.07) is 8.79. The van der Waals surface area contributed by atoms with Crippen molar-refractivity contribution >= 4 is 31.9 Å². The lowest BCUT2D eigenvalue weighted by molar-refractivity contribution is 0.402. The maximum Gasteiger partial charge on any atom is 0.0175 e. The van der Waals surface area contributed by atoms with Gasteiger partial charge in [-0.05, 0) is 42.4 Å². The lowest BCUT2D eigenvalue weighted by Crippen LogP contribution is -2.11. The van der Waals surface area contributed by atoms with Crippen molar-refractivity contribution in [1.82, 2.24) is 0 Å². The average Bonchev–Trinajstić information content (AvgIpc) is 2.84. The van der Waals surface area contributed by atoms with E-state index in [2.05, 4.69) is 56.1 Å². The van der Waals surface area contributed by atoms with Crippen LogP contribution in [-0.4, -0.2) is 5.33 Å². The Labute approximate surface area is 121 Å². The molecular formula is C15H20Br2. The van der Waals surface area contributed by atoms with Crippen molar-refractivity contribution in [2.24, 2.45) is 11.8 Å². The summed E-state index contributed by atoms with van der Waals surface area (Å²) in [4.78, 5) is 0. The molecule has 1 aromatic rings. The average molecular weight is 360 g/mol. The molecule has 0 heterocycles. The van der Waals surface area contributed by atoms with Crippen LogP contribution in [0.25, 0.3) is 0 Å². The highest BCUT2D eigenvalue weighted by Crippen LogP contribution is 2.32. The predicted molar refractivity (Wildman–Crippen MR) is 81.7 cm³/mol. The second kappa shape index (κ2) is 6.94. The maximum absolute atomic E-state index is 3.69. The molecule has 0 aromatic heterocycles. The van der Waals surface area contributed by atoms with Gasteiger partial charge in [0.2, 0.25) is 0 Å². The van der Waals surface area contributed by atoms with Gasteiger partial charge in [-0.3, -0.25) is 0 Å². The van der Waals surface area contributed by atoms with Crippen molar-refractivity contribution in [3.63, 3.8) is 0 Å². The van der Waals surface area contributed by atoms with Crippen LogP contribution in [-0.2, 0) is 6.42 Å². The first-order valence-corrected chi connectivity index (χ1v) is 8.50. The zero-order valence-electron chi connectivity index (χ0n) is 10.2. The van der Waals surface area contributed by atoms with Crippen molar-refractivity contribution in [1.29, 1.82) is 0 Å². The standard InChI is InChI=1S/C15H20Br2/c16-11-14(9-12-3-1-2-4-12)10-13-5-7-15(17)8-6-13/h5-8,12,14H,1-4,9-11H2. The minimum absolute atomic E-state index is 0.805. The SMILES string of the molecule is BrCC(Cc1ccc(Br)cc1)CC1CCCC1. The molecule has 0 nitrogen and oxygen atoms in total. The Balaban J connectivity index is 1.87. The third-order valence-electron chi connectivity index (χ3n) is 3.80. The van der Waals surface area contributed by atoms with Crippen LogP contribution in [0.4, 0.5) is 0 Å². The molecule has 0 bridgehead atoms. The molecule has 0 amide bonds. The van der Waals surface area contributed by atoms with Crippen LogP contribution in [0, 0.1) is 11.8 Å². The lowest BCUT2D eigenvalue weighted by atomic mass is 9.90. The third kappa shape index (κ3) is 4.40. The lowest BCUT2D eigenvalue weighted by Gasteiger charge is -2.18. The third-order valence-corrected chi connectivity index (χ3v) is 5.24. The minimum Gasteiger partial charge on any atom is -0.0925 e. The molecular weight excluding hydrogens is 340 g/mol. The molecule has 1 aliphatic rings. The molecule has 94 valence electrons. The molecule has 2 heteroatoms. The number of hydrogen-bond acceptors (Lipinski definition) is 0. The van der Waals surface area contributed by atoms with E-state index in [1.807, 2.05) is 0 Å². The summed E-state index contributed by atoms with van der Waals surface area (Å²) in [6.45, 7) is 0. The van der Waals surface area contributed by atoms with Gasteiger partial charge in [-0.2, -0.15) is 0 Å². The highest BCUT2D eigenvalue weighted by atomic mass is 79.9. The van der Waals surface area contributed by atoms with Crippen molar-refractivity contribution < 1.29 is 0 Å². The van der Waals surface area contributed by atoms with E-state index >= 15 is 0 Å². The molecule has 0 saturated heterocycles. The quantitative estimate of drug-likeness (QED) is 0.601. The molecule has 17 heavy (non-hydrogen) atoms. The van der Waals surface area contributed by atoms with Crippen molar-refractivity contribution in [3.05, 3.63) is 34.3 Å². The molecule has 1 saturated carbocycles. The normalized spacial score (nSPS) is 18.5. The molecule has 0 aliphatic heterocycles. The Hall–Kier alpha value is 0.180. The molecule has 1 aromatic carbocycles. The molecule has 1 aliphatic carbocycles. The number of alkyl halides is 1. The molecule has 2 rings (SSSR count). The molecule has 1 atom stereocenters. The second-order valence-corrected chi connectivity index (χ2v) is 6.80. The zero-order valence-corrected chi connectivity index (χ0v) is 13.3. The van der Waals surface area contributed by atoms with Gasteiger partial charge in [0.1, 0.15) is 0 Å². The van der Waals surface area contributed by atoms with Crippen molar-refractivity contribution in [3.8, 4) is 0 Å². The predicted octanol–water partition coefficient (Wildman–Crippen LogP) is 5.58. The van der Waals surface area contributed by atoms with E-state index in [0.29, 0.717) is 0 Å². The van der Waals surface area contributed by atoms with Gasteiger partial charge in [-0.25, -0.2) is 0 Å². The summed E-state index contributed by atoms with van der Waals surface area (Å²) in [6.07, 6.45) is 8.46. The zero-order chi connectivity index (χ0) is 12.1. The van der Waals surface area contributed by atoms with E-state index in [4.69, 9.17) is 0 Å². The van der Waals surface area contributed by atoms with Crippen LogP contribution in [0.15, 0.2) is 28.7 Å². The number of rotatable bonds is 5. The first-order chi connectivity index (χ1) is 8.28. The van der Waals surface area contributed by atoms with Gasteiger partial charge in [-0.15, -0.1) is 0 Å². The van der Waals surface area contributed by atoms with Crippen LogP contribution >= 0.6 is 31.9 Å². The summed E-state index contributed by atoms with van der Waals surface area (Å²) < 4.78 is 1.17. The fourth-order valence-corrected chi connectivity index (χ4v) is 3.63. The van der Waals surface area contributed by atoms with Gasteiger partial charge in [0.25, 0.3) is 0 Å². The van der Waals surface area contributed by atoms with Gasteiger partial charge < -0.3 is 0 Å². The second-order valence-electron chi connectivity index (χ2n) is 5.24. The van der Waals surface area contributed by atoms with E-state index in [1.165, 1.54) is 48.6 Å². The van der Waals surface area contributed by atoms with Crippen LogP contribution in [0.3, 0.4) is 0 Å². The van der Waals surface area contributed by atoms with E-state index in [-0.39, 0.29) is 0 Å². The topological polar surface area (TPSA) is 0 Å². The number of hydrogen-bond donors (Lipinski definition) is 0. The van der Waals surface area contributed by atoms with Crippen molar-refractivity contribution in [2.45, 2.75) is 38.5 Å². The first kappa shape index (κ1) is 13.6. The largest absolute Gasteiger partial charge is 0.0925 e. The Morgan fingerprint density at radius 1 is 1.12 bits per heavy atom. The summed E-state index contributed by atoms with van der Waals surface area (Å²) >= 11 is 7.18. The van der Waals surface area contributed by atoms with Crippen LogP contribution in [0.5, 0.6) is 0 Å².